The zero-order valence-corrected chi connectivity index (χ0v) is 20.7. The van der Waals surface area contributed by atoms with Crippen LogP contribution in [-0.4, -0.2) is 41.4 Å². The Labute approximate surface area is 211 Å². The number of rotatable bonds is 12. The van der Waals surface area contributed by atoms with E-state index in [1.54, 1.807) is 0 Å². The second-order valence-corrected chi connectivity index (χ2v) is 8.80. The lowest BCUT2D eigenvalue weighted by molar-refractivity contribution is -0.140. The molecule has 0 fully saturated rings. The van der Waals surface area contributed by atoms with Crippen LogP contribution in [0.25, 0.3) is 0 Å². The standard InChI is InChI=1S/C27H34N4O5/c1-19(2)16-23(29-27(35)36-18-22-12-8-5-9-13-22)25(33)30-31(15-14-24(28)32)26(34)20(3)17-21-10-6-4-7-11-21/h4-13,19,23H,3,14-18H2,1-2H3,(H2,28,32)(H,29,35)(H,30,33)/t23-/m0/s1. The van der Waals surface area contributed by atoms with E-state index in [1.807, 2.05) is 74.5 Å². The zero-order chi connectivity index (χ0) is 26.5. The normalized spacial score (nSPS) is 11.3. The number of nitrogens with two attached hydrogens (primary N) is 1. The van der Waals surface area contributed by atoms with E-state index >= 15 is 0 Å². The highest BCUT2D eigenvalue weighted by molar-refractivity contribution is 5.95. The fraction of sp³-hybridized carbons (Fsp3) is 0.333. The maximum atomic E-state index is 13.1. The molecule has 0 bridgehead atoms. The molecule has 0 spiro atoms. The highest BCUT2D eigenvalue weighted by atomic mass is 16.5. The molecule has 1 atom stereocenters. The summed E-state index contributed by atoms with van der Waals surface area (Å²) in [4.78, 5) is 49.9. The van der Waals surface area contributed by atoms with Crippen LogP contribution in [0.1, 0.15) is 37.8 Å². The summed E-state index contributed by atoms with van der Waals surface area (Å²) in [6, 6.07) is 17.4. The van der Waals surface area contributed by atoms with Crippen molar-refractivity contribution in [1.82, 2.24) is 15.8 Å². The highest BCUT2D eigenvalue weighted by Crippen LogP contribution is 2.11. The summed E-state index contributed by atoms with van der Waals surface area (Å²) in [5.74, 6) is -1.75. The van der Waals surface area contributed by atoms with E-state index in [4.69, 9.17) is 10.5 Å². The number of nitrogens with zero attached hydrogens (tertiary/aromatic N) is 1. The summed E-state index contributed by atoms with van der Waals surface area (Å²) < 4.78 is 5.24. The second-order valence-electron chi connectivity index (χ2n) is 8.80. The van der Waals surface area contributed by atoms with Crippen molar-refractivity contribution in [3.8, 4) is 0 Å². The topological polar surface area (TPSA) is 131 Å². The van der Waals surface area contributed by atoms with E-state index in [9.17, 15) is 19.2 Å². The van der Waals surface area contributed by atoms with Crippen LogP contribution in [0.2, 0.25) is 0 Å². The Morgan fingerprint density at radius 2 is 1.56 bits per heavy atom. The van der Waals surface area contributed by atoms with Crippen molar-refractivity contribution < 1.29 is 23.9 Å². The van der Waals surface area contributed by atoms with E-state index in [0.29, 0.717) is 6.42 Å². The van der Waals surface area contributed by atoms with Crippen molar-refractivity contribution >= 4 is 23.8 Å². The summed E-state index contributed by atoms with van der Waals surface area (Å²) in [6.45, 7) is 7.56. The molecule has 0 heterocycles. The maximum Gasteiger partial charge on any atom is 0.408 e. The summed E-state index contributed by atoms with van der Waals surface area (Å²) >= 11 is 0. The van der Waals surface area contributed by atoms with Gasteiger partial charge in [0.05, 0.1) is 6.54 Å². The molecule has 0 aliphatic rings. The predicted molar refractivity (Wildman–Crippen MR) is 136 cm³/mol. The lowest BCUT2D eigenvalue weighted by atomic mass is 10.0. The van der Waals surface area contributed by atoms with E-state index in [0.717, 1.165) is 16.1 Å². The molecule has 4 N–H and O–H groups in total. The van der Waals surface area contributed by atoms with Crippen LogP contribution in [0.4, 0.5) is 4.79 Å². The van der Waals surface area contributed by atoms with E-state index in [1.165, 1.54) is 0 Å². The molecule has 2 aromatic rings. The Balaban J connectivity index is 2.07. The first-order valence-corrected chi connectivity index (χ1v) is 11.7. The van der Waals surface area contributed by atoms with Gasteiger partial charge >= 0.3 is 6.09 Å². The van der Waals surface area contributed by atoms with Gasteiger partial charge in [0.15, 0.2) is 0 Å². The SMILES string of the molecule is C=C(Cc1ccccc1)C(=O)N(CCC(N)=O)NC(=O)[C@H](CC(C)C)NC(=O)OCc1ccccc1. The van der Waals surface area contributed by atoms with E-state index < -0.39 is 29.9 Å². The van der Waals surface area contributed by atoms with Crippen LogP contribution in [0.3, 0.4) is 0 Å². The molecule has 0 aliphatic carbocycles. The van der Waals surface area contributed by atoms with Gasteiger partial charge in [-0.15, -0.1) is 0 Å². The molecule has 2 rings (SSSR count). The van der Waals surface area contributed by atoms with Crippen LogP contribution < -0.4 is 16.5 Å². The molecule has 0 radical (unpaired) electrons. The Morgan fingerprint density at radius 1 is 0.972 bits per heavy atom. The Bertz CT molecular complexity index is 1040. The van der Waals surface area contributed by atoms with Crippen molar-refractivity contribution in [3.63, 3.8) is 0 Å². The summed E-state index contributed by atoms with van der Waals surface area (Å²) in [6.07, 6.45) is -0.355. The molecule has 0 aromatic heterocycles. The number of ether oxygens (including phenoxy) is 1. The third-order valence-electron chi connectivity index (χ3n) is 5.16. The molecule has 4 amide bonds. The van der Waals surface area contributed by atoms with E-state index in [2.05, 4.69) is 17.3 Å². The Morgan fingerprint density at radius 3 is 2.11 bits per heavy atom. The van der Waals surface area contributed by atoms with Crippen LogP contribution in [0.5, 0.6) is 0 Å². The zero-order valence-electron chi connectivity index (χ0n) is 20.7. The molecule has 192 valence electrons. The number of benzene rings is 2. The average Bonchev–Trinajstić information content (AvgIpc) is 2.85. The Kier molecular flexibility index (Phi) is 11.2. The van der Waals surface area contributed by atoms with Gasteiger partial charge in [0.1, 0.15) is 12.6 Å². The molecule has 36 heavy (non-hydrogen) atoms. The molecule has 2 aromatic carbocycles. The molecule has 0 saturated carbocycles. The number of primary amides is 1. The molecule has 9 heteroatoms. The fourth-order valence-corrected chi connectivity index (χ4v) is 3.36. The van der Waals surface area contributed by atoms with Gasteiger partial charge in [-0.1, -0.05) is 81.1 Å². The summed E-state index contributed by atoms with van der Waals surface area (Å²) in [5, 5.41) is 3.59. The first-order valence-electron chi connectivity index (χ1n) is 11.7. The van der Waals surface area contributed by atoms with Crippen molar-refractivity contribution in [2.24, 2.45) is 11.7 Å². The second kappa shape index (κ2) is 14.3. The number of alkyl carbamates (subject to hydrolysis) is 1. The number of nitrogens with one attached hydrogen (secondary N) is 2. The minimum Gasteiger partial charge on any atom is -0.445 e. The lowest BCUT2D eigenvalue weighted by Crippen LogP contribution is -2.55. The third kappa shape index (κ3) is 10.0. The quantitative estimate of drug-likeness (QED) is 0.308. The van der Waals surface area contributed by atoms with Gasteiger partial charge in [-0.05, 0) is 23.5 Å². The number of hydrogen-bond acceptors (Lipinski definition) is 5. The smallest absolute Gasteiger partial charge is 0.408 e. The largest absolute Gasteiger partial charge is 0.445 e. The molecule has 0 unspecified atom stereocenters. The summed E-state index contributed by atoms with van der Waals surface area (Å²) in [7, 11) is 0. The lowest BCUT2D eigenvalue weighted by Gasteiger charge is -2.27. The minimum atomic E-state index is -0.973. The van der Waals surface area contributed by atoms with Crippen LogP contribution >= 0.6 is 0 Å². The highest BCUT2D eigenvalue weighted by Gasteiger charge is 2.27. The minimum absolute atomic E-state index is 0.0468. The van der Waals surface area contributed by atoms with Crippen molar-refractivity contribution in [2.45, 2.75) is 45.8 Å². The predicted octanol–water partition coefficient (Wildman–Crippen LogP) is 2.86. The van der Waals surface area contributed by atoms with Gasteiger partial charge in [-0.3, -0.25) is 19.8 Å². The van der Waals surface area contributed by atoms with Crippen molar-refractivity contribution in [2.75, 3.05) is 6.54 Å². The van der Waals surface area contributed by atoms with Gasteiger partial charge in [0, 0.05) is 18.4 Å². The van der Waals surface area contributed by atoms with Gasteiger partial charge in [0.25, 0.3) is 11.8 Å². The molecule has 9 nitrogen and oxygen atoms in total. The molecule has 0 saturated heterocycles. The Hall–Kier alpha value is -4.14. The van der Waals surface area contributed by atoms with Crippen LogP contribution in [0.15, 0.2) is 72.8 Å². The number of amides is 4. The molecular weight excluding hydrogens is 460 g/mol. The number of carbonyl (C=O) groups excluding carboxylic acids is 4. The van der Waals surface area contributed by atoms with Gasteiger partial charge in [-0.2, -0.15) is 0 Å². The van der Waals surface area contributed by atoms with Gasteiger partial charge < -0.3 is 15.8 Å². The van der Waals surface area contributed by atoms with Crippen LogP contribution in [-0.2, 0) is 32.1 Å². The van der Waals surface area contributed by atoms with Gasteiger partial charge in [-0.25, -0.2) is 9.80 Å². The third-order valence-corrected chi connectivity index (χ3v) is 5.16. The molecular formula is C27H34N4O5. The fourth-order valence-electron chi connectivity index (χ4n) is 3.36. The number of carbonyl (C=O) groups is 4. The van der Waals surface area contributed by atoms with Crippen molar-refractivity contribution in [3.05, 3.63) is 83.9 Å². The first kappa shape index (κ1) is 28.1. The van der Waals surface area contributed by atoms with Crippen molar-refractivity contribution in [1.29, 1.82) is 0 Å². The maximum absolute atomic E-state index is 13.1. The average molecular weight is 495 g/mol. The monoisotopic (exact) mass is 494 g/mol. The number of hydrogen-bond donors (Lipinski definition) is 3. The molecule has 0 aliphatic heterocycles. The van der Waals surface area contributed by atoms with Crippen LogP contribution in [0, 0.1) is 5.92 Å². The van der Waals surface area contributed by atoms with E-state index in [-0.39, 0.29) is 37.5 Å². The number of hydrazine groups is 1. The summed E-state index contributed by atoms with van der Waals surface area (Å²) in [5.41, 5.74) is 9.69. The van der Waals surface area contributed by atoms with Gasteiger partial charge in [0.2, 0.25) is 5.91 Å². The first-order chi connectivity index (χ1) is 17.2.